The summed E-state index contributed by atoms with van der Waals surface area (Å²) in [6.07, 6.45) is 1.98. The summed E-state index contributed by atoms with van der Waals surface area (Å²) >= 11 is 1.62. The molecule has 0 saturated carbocycles. The van der Waals surface area contributed by atoms with Crippen LogP contribution in [0.4, 0.5) is 4.39 Å². The second kappa shape index (κ2) is 6.38. The lowest BCUT2D eigenvalue weighted by Gasteiger charge is -2.05. The summed E-state index contributed by atoms with van der Waals surface area (Å²) in [5.74, 6) is 0.0544. The number of carbonyl (C=O) groups is 1. The van der Waals surface area contributed by atoms with Gasteiger partial charge in [0, 0.05) is 10.5 Å². The molecule has 2 aromatic carbocycles. The number of halogens is 1. The van der Waals surface area contributed by atoms with Gasteiger partial charge in [0.15, 0.2) is 12.4 Å². The Bertz CT molecular complexity index is 549. The fourth-order valence-corrected chi connectivity index (χ4v) is 1.95. The van der Waals surface area contributed by atoms with Crippen LogP contribution in [0.5, 0.6) is 5.75 Å². The number of rotatable bonds is 5. The number of thioether (sulfide) groups is 1. The minimum absolute atomic E-state index is 0.0513. The van der Waals surface area contributed by atoms with Crippen molar-refractivity contribution in [2.45, 2.75) is 4.90 Å². The van der Waals surface area contributed by atoms with Crippen molar-refractivity contribution in [2.24, 2.45) is 0 Å². The molecular formula is C15H13FO2S. The van der Waals surface area contributed by atoms with Crippen LogP contribution in [0.2, 0.25) is 0 Å². The largest absolute Gasteiger partial charge is 0.485 e. The van der Waals surface area contributed by atoms with E-state index >= 15 is 0 Å². The van der Waals surface area contributed by atoms with Crippen molar-refractivity contribution in [1.29, 1.82) is 0 Å². The Morgan fingerprint density at radius 3 is 2.32 bits per heavy atom. The highest BCUT2D eigenvalue weighted by molar-refractivity contribution is 7.98. The average Bonchev–Trinajstić information content (AvgIpc) is 2.46. The van der Waals surface area contributed by atoms with Crippen LogP contribution in [0, 0.1) is 5.82 Å². The Morgan fingerprint density at radius 2 is 1.74 bits per heavy atom. The first-order chi connectivity index (χ1) is 9.19. The lowest BCUT2D eigenvalue weighted by Crippen LogP contribution is -2.11. The van der Waals surface area contributed by atoms with Gasteiger partial charge in [-0.2, -0.15) is 0 Å². The van der Waals surface area contributed by atoms with E-state index in [1.165, 1.54) is 24.3 Å². The topological polar surface area (TPSA) is 26.3 Å². The first kappa shape index (κ1) is 13.6. The van der Waals surface area contributed by atoms with Crippen molar-refractivity contribution in [3.05, 3.63) is 59.9 Å². The maximum absolute atomic E-state index is 12.7. The predicted octanol–water partition coefficient (Wildman–Crippen LogP) is 3.81. The normalized spacial score (nSPS) is 10.2. The Hall–Kier alpha value is -1.81. The van der Waals surface area contributed by atoms with Crippen LogP contribution in [0.1, 0.15) is 10.4 Å². The third-order valence-electron chi connectivity index (χ3n) is 2.60. The van der Waals surface area contributed by atoms with Gasteiger partial charge >= 0.3 is 0 Å². The van der Waals surface area contributed by atoms with E-state index in [9.17, 15) is 9.18 Å². The summed E-state index contributed by atoms with van der Waals surface area (Å²) in [6.45, 7) is -0.0513. The standard InChI is InChI=1S/C15H13FO2S/c1-19-14-8-2-11(3-9-14)15(17)10-18-13-6-4-12(16)5-7-13/h2-9H,10H2,1H3. The number of ether oxygens (including phenoxy) is 1. The minimum atomic E-state index is -0.327. The van der Waals surface area contributed by atoms with Crippen molar-refractivity contribution < 1.29 is 13.9 Å². The van der Waals surface area contributed by atoms with Gasteiger partial charge in [-0.25, -0.2) is 4.39 Å². The molecule has 0 aromatic heterocycles. The van der Waals surface area contributed by atoms with Gasteiger partial charge in [0.05, 0.1) is 0 Å². The molecule has 0 aliphatic rings. The van der Waals surface area contributed by atoms with E-state index in [4.69, 9.17) is 4.74 Å². The van der Waals surface area contributed by atoms with E-state index in [1.807, 2.05) is 18.4 Å². The zero-order valence-corrected chi connectivity index (χ0v) is 11.2. The Balaban J connectivity index is 1.95. The number of benzene rings is 2. The summed E-state index contributed by atoms with van der Waals surface area (Å²) in [5.41, 5.74) is 0.611. The molecule has 0 aliphatic carbocycles. The maximum atomic E-state index is 12.7. The Kier molecular flexibility index (Phi) is 4.58. The number of hydrogen-bond donors (Lipinski definition) is 0. The summed E-state index contributed by atoms with van der Waals surface area (Å²) in [5, 5.41) is 0. The Labute approximate surface area is 115 Å². The van der Waals surface area contributed by atoms with Crippen molar-refractivity contribution in [3.8, 4) is 5.75 Å². The highest BCUT2D eigenvalue weighted by Gasteiger charge is 2.06. The fourth-order valence-electron chi connectivity index (χ4n) is 1.54. The van der Waals surface area contributed by atoms with Gasteiger partial charge in [0.1, 0.15) is 11.6 Å². The summed E-state index contributed by atoms with van der Waals surface area (Å²) in [6, 6.07) is 13.0. The zero-order chi connectivity index (χ0) is 13.7. The minimum Gasteiger partial charge on any atom is -0.485 e. The molecule has 0 unspecified atom stereocenters. The molecule has 2 nitrogen and oxygen atoms in total. The lowest BCUT2D eigenvalue weighted by atomic mass is 10.1. The second-order valence-corrected chi connectivity index (χ2v) is 4.77. The van der Waals surface area contributed by atoms with E-state index in [1.54, 1.807) is 23.9 Å². The molecule has 0 N–H and O–H groups in total. The molecule has 98 valence electrons. The molecule has 2 aromatic rings. The smallest absolute Gasteiger partial charge is 0.200 e. The van der Waals surface area contributed by atoms with Crippen LogP contribution < -0.4 is 4.74 Å². The van der Waals surface area contributed by atoms with Gasteiger partial charge in [-0.05, 0) is 42.7 Å². The maximum Gasteiger partial charge on any atom is 0.200 e. The van der Waals surface area contributed by atoms with E-state index in [0.717, 1.165) is 4.90 Å². The number of carbonyl (C=O) groups excluding carboxylic acids is 1. The number of Topliss-reactive ketones (excluding diaryl/α,β-unsaturated/α-hetero) is 1. The van der Waals surface area contributed by atoms with E-state index in [0.29, 0.717) is 11.3 Å². The van der Waals surface area contributed by atoms with Gasteiger partial charge in [-0.3, -0.25) is 4.79 Å². The average molecular weight is 276 g/mol. The van der Waals surface area contributed by atoms with Gasteiger partial charge in [0.25, 0.3) is 0 Å². The fraction of sp³-hybridized carbons (Fsp3) is 0.133. The molecule has 4 heteroatoms. The van der Waals surface area contributed by atoms with Gasteiger partial charge < -0.3 is 4.74 Å². The van der Waals surface area contributed by atoms with Crippen LogP contribution in [-0.2, 0) is 0 Å². The molecule has 0 radical (unpaired) electrons. The van der Waals surface area contributed by atoms with E-state index < -0.39 is 0 Å². The lowest BCUT2D eigenvalue weighted by molar-refractivity contribution is 0.0921. The van der Waals surface area contributed by atoms with Crippen molar-refractivity contribution in [1.82, 2.24) is 0 Å². The van der Waals surface area contributed by atoms with E-state index in [2.05, 4.69) is 0 Å². The molecule has 0 spiro atoms. The van der Waals surface area contributed by atoms with E-state index in [-0.39, 0.29) is 18.2 Å². The molecule has 0 atom stereocenters. The summed E-state index contributed by atoms with van der Waals surface area (Å²) in [7, 11) is 0. The first-order valence-electron chi connectivity index (χ1n) is 5.74. The number of ketones is 1. The molecule has 0 saturated heterocycles. The third kappa shape index (κ3) is 3.83. The summed E-state index contributed by atoms with van der Waals surface area (Å²) < 4.78 is 18.0. The quantitative estimate of drug-likeness (QED) is 0.613. The zero-order valence-electron chi connectivity index (χ0n) is 10.4. The third-order valence-corrected chi connectivity index (χ3v) is 3.34. The van der Waals surface area contributed by atoms with Crippen LogP contribution in [-0.4, -0.2) is 18.6 Å². The van der Waals surface area contributed by atoms with Crippen LogP contribution >= 0.6 is 11.8 Å². The highest BCUT2D eigenvalue weighted by Crippen LogP contribution is 2.16. The van der Waals surface area contributed by atoms with Crippen molar-refractivity contribution in [2.75, 3.05) is 12.9 Å². The van der Waals surface area contributed by atoms with Gasteiger partial charge in [-0.15, -0.1) is 11.8 Å². The molecule has 0 aliphatic heterocycles. The molecule has 0 fully saturated rings. The van der Waals surface area contributed by atoms with Gasteiger partial charge in [-0.1, -0.05) is 12.1 Å². The molecule has 0 bridgehead atoms. The molecule has 2 rings (SSSR count). The van der Waals surface area contributed by atoms with Crippen LogP contribution in [0.3, 0.4) is 0 Å². The molecule has 0 amide bonds. The monoisotopic (exact) mass is 276 g/mol. The SMILES string of the molecule is CSc1ccc(C(=O)COc2ccc(F)cc2)cc1. The van der Waals surface area contributed by atoms with Crippen molar-refractivity contribution in [3.63, 3.8) is 0 Å². The van der Waals surface area contributed by atoms with Gasteiger partial charge in [0.2, 0.25) is 0 Å². The van der Waals surface area contributed by atoms with Crippen LogP contribution in [0.15, 0.2) is 53.4 Å². The summed E-state index contributed by atoms with van der Waals surface area (Å²) in [4.78, 5) is 13.0. The Morgan fingerprint density at radius 1 is 1.11 bits per heavy atom. The molecule has 0 heterocycles. The molecule has 19 heavy (non-hydrogen) atoms. The van der Waals surface area contributed by atoms with Crippen LogP contribution in [0.25, 0.3) is 0 Å². The highest BCUT2D eigenvalue weighted by atomic mass is 32.2. The second-order valence-electron chi connectivity index (χ2n) is 3.89. The van der Waals surface area contributed by atoms with Crippen molar-refractivity contribution >= 4 is 17.5 Å². The molecular weight excluding hydrogens is 263 g/mol. The first-order valence-corrected chi connectivity index (χ1v) is 6.97. The number of hydrogen-bond acceptors (Lipinski definition) is 3. The predicted molar refractivity (Wildman–Crippen MR) is 74.4 cm³/mol.